The summed E-state index contributed by atoms with van der Waals surface area (Å²) in [6.45, 7) is 3.36. The van der Waals surface area contributed by atoms with Crippen molar-refractivity contribution in [3.05, 3.63) is 72.8 Å². The van der Waals surface area contributed by atoms with Gasteiger partial charge in [0.15, 0.2) is 0 Å². The van der Waals surface area contributed by atoms with Crippen molar-refractivity contribution in [2.45, 2.75) is 32.7 Å². The van der Waals surface area contributed by atoms with Gasteiger partial charge in [-0.25, -0.2) is 0 Å². The van der Waals surface area contributed by atoms with Crippen LogP contribution >= 0.6 is 15.6 Å². The van der Waals surface area contributed by atoms with Crippen LogP contribution in [0, 0.1) is 0 Å². The van der Waals surface area contributed by atoms with Crippen molar-refractivity contribution in [3.8, 4) is 0 Å². The van der Waals surface area contributed by atoms with Crippen molar-refractivity contribution < 1.29 is 67.4 Å². The molecule has 1 aliphatic carbocycles. The Morgan fingerprint density at radius 1 is 0.622 bits per heavy atom. The fourth-order valence-electron chi connectivity index (χ4n) is 2.95. The SMILES string of the molecule is C1=CCC=C1.CCCCn1c2ccccc2c2ccccc21.F[P-](F)(F)(F)(F)F.F[P-](F)(F)(F)(F)F.[Fe+2]. The average molecular weight is 635 g/mol. The second-order valence-corrected chi connectivity index (χ2v) is 11.4. The van der Waals surface area contributed by atoms with E-state index in [1.54, 1.807) is 0 Å². The van der Waals surface area contributed by atoms with Gasteiger partial charge in [0, 0.05) is 28.4 Å². The summed E-state index contributed by atoms with van der Waals surface area (Å²) >= 11 is 0. The van der Waals surface area contributed by atoms with Crippen LogP contribution in [0.5, 0.6) is 0 Å². The van der Waals surface area contributed by atoms with Gasteiger partial charge in [-0.2, -0.15) is 0 Å². The summed E-state index contributed by atoms with van der Waals surface area (Å²) < 4.78 is 121. The molecule has 1 heterocycles. The van der Waals surface area contributed by atoms with E-state index in [1.807, 2.05) is 0 Å². The molecule has 3 aromatic rings. The van der Waals surface area contributed by atoms with E-state index in [9.17, 15) is 50.4 Å². The molecule has 0 saturated carbocycles. The van der Waals surface area contributed by atoms with Gasteiger partial charge in [0.2, 0.25) is 0 Å². The van der Waals surface area contributed by atoms with Gasteiger partial charge in [-0.1, -0.05) is 74.0 Å². The number of para-hydroxylation sites is 2. The maximum absolute atomic E-state index is 10.7. The van der Waals surface area contributed by atoms with Crippen molar-refractivity contribution in [2.75, 3.05) is 0 Å². The molecular formula is C21H23F12FeNP2. The van der Waals surface area contributed by atoms with Gasteiger partial charge in [-0.05, 0) is 25.0 Å². The Morgan fingerprint density at radius 3 is 1.22 bits per heavy atom. The zero-order valence-corrected chi connectivity index (χ0v) is 21.9. The number of halogens is 12. The first-order valence-electron chi connectivity index (χ1n) is 10.2. The topological polar surface area (TPSA) is 4.93 Å². The monoisotopic (exact) mass is 635 g/mol. The van der Waals surface area contributed by atoms with Crippen molar-refractivity contribution in [1.82, 2.24) is 4.57 Å². The van der Waals surface area contributed by atoms with E-state index < -0.39 is 15.6 Å². The van der Waals surface area contributed by atoms with Crippen molar-refractivity contribution in [2.24, 2.45) is 0 Å². The van der Waals surface area contributed by atoms with Crippen LogP contribution in [0.3, 0.4) is 0 Å². The number of hydrogen-bond donors (Lipinski definition) is 0. The molecule has 1 aromatic heterocycles. The second kappa shape index (κ2) is 10.8. The van der Waals surface area contributed by atoms with E-state index in [1.165, 1.54) is 34.6 Å². The van der Waals surface area contributed by atoms with E-state index in [2.05, 4.69) is 84.3 Å². The molecule has 0 saturated heterocycles. The van der Waals surface area contributed by atoms with Gasteiger partial charge in [0.1, 0.15) is 0 Å². The standard InChI is InChI=1S/C16H17N.C5H6.2F6P.Fe/c1-2-3-12-17-15-10-6-4-8-13(15)14-9-5-7-11-16(14)17;1-2-4-5-3-1;2*1-7(2,3,4,5)6;/h4-11H,2-3,12H2,1H3;1-4H,5H2;;;/q;;2*-1;+2. The van der Waals surface area contributed by atoms with Crippen LogP contribution in [0.1, 0.15) is 26.2 Å². The first-order chi connectivity index (χ1) is 15.8. The van der Waals surface area contributed by atoms with Crippen LogP contribution in [0.4, 0.5) is 50.4 Å². The Bertz CT molecular complexity index is 1110. The summed E-state index contributed by atoms with van der Waals surface area (Å²) in [5.74, 6) is 0. The summed E-state index contributed by atoms with van der Waals surface area (Å²) in [6.07, 6.45) is 12.0. The van der Waals surface area contributed by atoms with E-state index in [0.717, 1.165) is 13.0 Å². The number of unbranched alkanes of at least 4 members (excludes halogenated alkanes) is 1. The van der Waals surface area contributed by atoms with Crippen molar-refractivity contribution >= 4 is 37.4 Å². The van der Waals surface area contributed by atoms with Gasteiger partial charge in [0.05, 0.1) is 0 Å². The van der Waals surface area contributed by atoms with E-state index in [0.29, 0.717) is 0 Å². The first-order valence-corrected chi connectivity index (χ1v) is 14.3. The fraction of sp³-hybridized carbons (Fsp3) is 0.238. The first kappa shape index (κ1) is 35.3. The second-order valence-electron chi connectivity index (χ2n) is 7.55. The number of aryl methyl sites for hydroxylation is 1. The Hall–Kier alpha value is -1.74. The molecule has 1 aliphatic rings. The largest absolute Gasteiger partial charge is 2.00 e. The third-order valence-electron chi connectivity index (χ3n) is 4.07. The maximum atomic E-state index is 9.87. The number of fused-ring (bicyclic) bond motifs is 3. The third kappa shape index (κ3) is 20.9. The fourth-order valence-corrected chi connectivity index (χ4v) is 2.95. The van der Waals surface area contributed by atoms with E-state index in [4.69, 9.17) is 0 Å². The predicted molar refractivity (Wildman–Crippen MR) is 124 cm³/mol. The van der Waals surface area contributed by atoms with Gasteiger partial charge in [-0.15, -0.1) is 0 Å². The van der Waals surface area contributed by atoms with Crippen LogP contribution in [0.15, 0.2) is 72.8 Å². The smallest absolute Gasteiger partial charge is 2.00 e. The Labute approximate surface area is 215 Å². The summed E-state index contributed by atoms with van der Waals surface area (Å²) in [6, 6.07) is 17.4. The van der Waals surface area contributed by atoms with Gasteiger partial charge < -0.3 is 4.57 Å². The molecule has 214 valence electrons. The molecule has 0 amide bonds. The van der Waals surface area contributed by atoms with Crippen LogP contribution < -0.4 is 0 Å². The van der Waals surface area contributed by atoms with Crippen molar-refractivity contribution in [1.29, 1.82) is 0 Å². The zero-order valence-electron chi connectivity index (χ0n) is 19.0. The molecule has 0 bridgehead atoms. The summed E-state index contributed by atoms with van der Waals surface area (Å²) in [7, 11) is -21.3. The minimum Gasteiger partial charge on any atom is 2.00 e. The summed E-state index contributed by atoms with van der Waals surface area (Å²) in [4.78, 5) is 0. The Morgan fingerprint density at radius 2 is 0.946 bits per heavy atom. The van der Waals surface area contributed by atoms with Crippen LogP contribution in [-0.2, 0) is 23.6 Å². The normalized spacial score (nSPS) is 16.4. The van der Waals surface area contributed by atoms with E-state index in [-0.39, 0.29) is 17.1 Å². The molecule has 0 aliphatic heterocycles. The van der Waals surface area contributed by atoms with Gasteiger partial charge >= 0.3 is 83.0 Å². The molecule has 0 fully saturated rings. The van der Waals surface area contributed by atoms with Crippen molar-refractivity contribution in [3.63, 3.8) is 0 Å². The molecular weight excluding hydrogens is 612 g/mol. The third-order valence-corrected chi connectivity index (χ3v) is 4.07. The molecule has 16 heteroatoms. The molecule has 2 aromatic carbocycles. The van der Waals surface area contributed by atoms with Crippen LogP contribution in [-0.4, -0.2) is 4.57 Å². The number of aromatic nitrogens is 1. The molecule has 0 atom stereocenters. The molecule has 0 unspecified atom stereocenters. The van der Waals surface area contributed by atoms with Gasteiger partial charge in [-0.3, -0.25) is 0 Å². The minimum atomic E-state index is -10.7. The zero-order chi connectivity index (χ0) is 28.0. The van der Waals surface area contributed by atoms with Gasteiger partial charge in [0.25, 0.3) is 0 Å². The summed E-state index contributed by atoms with van der Waals surface area (Å²) in [5.41, 5.74) is 2.73. The van der Waals surface area contributed by atoms with Crippen LogP contribution in [0.25, 0.3) is 21.8 Å². The number of hydrogen-bond acceptors (Lipinski definition) is 0. The number of rotatable bonds is 3. The van der Waals surface area contributed by atoms with Crippen LogP contribution in [0.2, 0.25) is 0 Å². The maximum Gasteiger partial charge on any atom is 2.00 e. The molecule has 0 N–H and O–H groups in total. The minimum absolute atomic E-state index is 0. The summed E-state index contributed by atoms with van der Waals surface area (Å²) in [5, 5.41) is 2.75. The molecule has 0 spiro atoms. The molecule has 4 rings (SSSR count). The Balaban J connectivity index is 0.000000542. The number of nitrogens with zero attached hydrogens (tertiary/aromatic N) is 1. The Kier molecular flexibility index (Phi) is 10.3. The molecule has 0 radical (unpaired) electrons. The predicted octanol–water partition coefficient (Wildman–Crippen LogP) is 12.9. The van der Waals surface area contributed by atoms with E-state index >= 15 is 0 Å². The average Bonchev–Trinajstić information content (AvgIpc) is 3.32. The number of allylic oxidation sites excluding steroid dienone is 4. The molecule has 37 heavy (non-hydrogen) atoms. The number of benzene rings is 2. The quantitative estimate of drug-likeness (QED) is 0.153. The molecule has 1 nitrogen and oxygen atoms in total.